The number of nitrogens with zero attached hydrogens (tertiary/aromatic N) is 2. The summed E-state index contributed by atoms with van der Waals surface area (Å²) < 4.78 is 0. The van der Waals surface area contributed by atoms with Crippen LogP contribution in [-0.2, 0) is 11.3 Å². The maximum absolute atomic E-state index is 12.6. The van der Waals surface area contributed by atoms with Crippen molar-refractivity contribution in [3.8, 4) is 0 Å². The fourth-order valence-electron chi connectivity index (χ4n) is 3.01. The van der Waals surface area contributed by atoms with E-state index < -0.39 is 0 Å². The van der Waals surface area contributed by atoms with Gasteiger partial charge in [0.05, 0.1) is 6.04 Å². The minimum atomic E-state index is -0.0930. The van der Waals surface area contributed by atoms with Gasteiger partial charge in [-0.1, -0.05) is 12.1 Å². The molecular weight excluding hydrogens is 262 g/mol. The molecule has 1 atom stereocenters. The van der Waals surface area contributed by atoms with Crippen molar-refractivity contribution in [1.82, 2.24) is 9.80 Å². The van der Waals surface area contributed by atoms with E-state index in [0.717, 1.165) is 43.7 Å². The number of benzene rings is 1. The third kappa shape index (κ3) is 3.97. The normalized spacial score (nSPS) is 16.7. The number of amides is 1. The standard InChI is InChI=1S/C17H27N3O/c1-13(2)20(12-15-7-6-8-16(18)11-15)14(3)17(21)19-9-4-5-10-19/h6-8,11,13-14H,4-5,9-10,12,18H2,1-3H3. The van der Waals surface area contributed by atoms with Gasteiger partial charge in [-0.2, -0.15) is 0 Å². The van der Waals surface area contributed by atoms with E-state index in [1.165, 1.54) is 0 Å². The molecule has 4 nitrogen and oxygen atoms in total. The average Bonchev–Trinajstić information content (AvgIpc) is 2.97. The van der Waals surface area contributed by atoms with Gasteiger partial charge in [-0.3, -0.25) is 9.69 Å². The van der Waals surface area contributed by atoms with Crippen LogP contribution >= 0.6 is 0 Å². The van der Waals surface area contributed by atoms with Crippen LogP contribution in [0.2, 0.25) is 0 Å². The number of hydrogen-bond donors (Lipinski definition) is 1. The van der Waals surface area contributed by atoms with Crippen molar-refractivity contribution in [3.05, 3.63) is 29.8 Å². The highest BCUT2D eigenvalue weighted by Crippen LogP contribution is 2.18. The predicted octanol–water partition coefficient (Wildman–Crippen LogP) is 2.49. The van der Waals surface area contributed by atoms with Gasteiger partial charge in [0.25, 0.3) is 0 Å². The third-order valence-corrected chi connectivity index (χ3v) is 4.25. The van der Waals surface area contributed by atoms with Crippen LogP contribution in [0.25, 0.3) is 0 Å². The highest BCUT2D eigenvalue weighted by molar-refractivity contribution is 5.81. The number of nitrogen functional groups attached to an aromatic ring is 1. The molecule has 1 unspecified atom stereocenters. The van der Waals surface area contributed by atoms with Gasteiger partial charge in [-0.25, -0.2) is 0 Å². The van der Waals surface area contributed by atoms with Crippen LogP contribution in [0, 0.1) is 0 Å². The Kier molecular flexibility index (Phi) is 5.23. The maximum Gasteiger partial charge on any atom is 0.239 e. The summed E-state index contributed by atoms with van der Waals surface area (Å²) in [4.78, 5) is 16.9. The van der Waals surface area contributed by atoms with E-state index in [0.29, 0.717) is 6.04 Å². The zero-order valence-corrected chi connectivity index (χ0v) is 13.4. The SMILES string of the molecule is CC(C)N(Cc1cccc(N)c1)C(C)C(=O)N1CCCC1. The van der Waals surface area contributed by atoms with Crippen molar-refractivity contribution >= 4 is 11.6 Å². The smallest absolute Gasteiger partial charge is 0.239 e. The first kappa shape index (κ1) is 15.8. The van der Waals surface area contributed by atoms with E-state index in [1.54, 1.807) is 0 Å². The van der Waals surface area contributed by atoms with E-state index >= 15 is 0 Å². The molecule has 1 aromatic carbocycles. The topological polar surface area (TPSA) is 49.6 Å². The van der Waals surface area contributed by atoms with Crippen LogP contribution < -0.4 is 5.73 Å². The van der Waals surface area contributed by atoms with Gasteiger partial charge in [0, 0.05) is 31.4 Å². The van der Waals surface area contributed by atoms with Crippen molar-refractivity contribution < 1.29 is 4.79 Å². The van der Waals surface area contributed by atoms with Gasteiger partial charge in [0.1, 0.15) is 0 Å². The van der Waals surface area contributed by atoms with Gasteiger partial charge in [-0.15, -0.1) is 0 Å². The summed E-state index contributed by atoms with van der Waals surface area (Å²) in [6, 6.07) is 8.14. The Morgan fingerprint density at radius 2 is 1.95 bits per heavy atom. The number of hydrogen-bond acceptors (Lipinski definition) is 3. The zero-order chi connectivity index (χ0) is 15.4. The quantitative estimate of drug-likeness (QED) is 0.847. The molecule has 2 rings (SSSR count). The van der Waals surface area contributed by atoms with Crippen LogP contribution in [0.4, 0.5) is 5.69 Å². The molecule has 1 amide bonds. The van der Waals surface area contributed by atoms with E-state index in [-0.39, 0.29) is 11.9 Å². The summed E-state index contributed by atoms with van der Waals surface area (Å²) in [5.41, 5.74) is 7.78. The molecule has 1 aromatic rings. The lowest BCUT2D eigenvalue weighted by Gasteiger charge is -2.34. The van der Waals surface area contributed by atoms with E-state index in [9.17, 15) is 4.79 Å². The summed E-state index contributed by atoms with van der Waals surface area (Å²) >= 11 is 0. The second-order valence-corrected chi connectivity index (χ2v) is 6.22. The Labute approximate surface area is 127 Å². The fraction of sp³-hybridized carbons (Fsp3) is 0.588. The summed E-state index contributed by atoms with van der Waals surface area (Å²) in [6.45, 7) is 8.87. The highest BCUT2D eigenvalue weighted by Gasteiger charge is 2.29. The molecule has 0 aromatic heterocycles. The highest BCUT2D eigenvalue weighted by atomic mass is 16.2. The van der Waals surface area contributed by atoms with E-state index in [2.05, 4.69) is 24.8 Å². The molecule has 0 spiro atoms. The van der Waals surface area contributed by atoms with Gasteiger partial charge in [0.15, 0.2) is 0 Å². The Balaban J connectivity index is 2.08. The molecule has 0 saturated carbocycles. The van der Waals surface area contributed by atoms with Crippen molar-refractivity contribution in [3.63, 3.8) is 0 Å². The minimum Gasteiger partial charge on any atom is -0.399 e. The minimum absolute atomic E-state index is 0.0930. The molecule has 4 heteroatoms. The maximum atomic E-state index is 12.6. The molecule has 2 N–H and O–H groups in total. The molecular formula is C17H27N3O. The molecule has 1 saturated heterocycles. The predicted molar refractivity (Wildman–Crippen MR) is 86.8 cm³/mol. The molecule has 21 heavy (non-hydrogen) atoms. The van der Waals surface area contributed by atoms with Crippen molar-refractivity contribution in [1.29, 1.82) is 0 Å². The Bertz CT molecular complexity index is 481. The summed E-state index contributed by atoms with van der Waals surface area (Å²) in [5, 5.41) is 0. The van der Waals surface area contributed by atoms with Gasteiger partial charge in [0.2, 0.25) is 5.91 Å². The number of anilines is 1. The van der Waals surface area contributed by atoms with Crippen LogP contribution in [-0.4, -0.2) is 40.9 Å². The second-order valence-electron chi connectivity index (χ2n) is 6.22. The van der Waals surface area contributed by atoms with Crippen LogP contribution in [0.5, 0.6) is 0 Å². The van der Waals surface area contributed by atoms with E-state index in [1.807, 2.05) is 30.0 Å². The van der Waals surface area contributed by atoms with Gasteiger partial charge < -0.3 is 10.6 Å². The molecule has 116 valence electrons. The number of carbonyl (C=O) groups is 1. The van der Waals surface area contributed by atoms with Crippen LogP contribution in [0.3, 0.4) is 0 Å². The number of nitrogens with two attached hydrogens (primary N) is 1. The monoisotopic (exact) mass is 289 g/mol. The van der Waals surface area contributed by atoms with Crippen LogP contribution in [0.15, 0.2) is 24.3 Å². The number of rotatable bonds is 5. The first-order valence-corrected chi connectivity index (χ1v) is 7.88. The molecule has 0 bridgehead atoms. The molecule has 1 fully saturated rings. The van der Waals surface area contributed by atoms with E-state index in [4.69, 9.17) is 5.73 Å². The Morgan fingerprint density at radius 1 is 1.29 bits per heavy atom. The fourth-order valence-corrected chi connectivity index (χ4v) is 3.01. The Hall–Kier alpha value is -1.55. The lowest BCUT2D eigenvalue weighted by molar-refractivity contribution is -0.136. The zero-order valence-electron chi connectivity index (χ0n) is 13.4. The molecule has 0 aliphatic carbocycles. The largest absolute Gasteiger partial charge is 0.399 e. The van der Waals surface area contributed by atoms with Crippen molar-refractivity contribution in [2.45, 2.75) is 52.2 Å². The third-order valence-electron chi connectivity index (χ3n) is 4.25. The molecule has 1 aliphatic heterocycles. The van der Waals surface area contributed by atoms with Crippen molar-refractivity contribution in [2.24, 2.45) is 0 Å². The van der Waals surface area contributed by atoms with Crippen LogP contribution in [0.1, 0.15) is 39.2 Å². The molecule has 0 radical (unpaired) electrons. The lowest BCUT2D eigenvalue weighted by atomic mass is 10.1. The molecule has 1 heterocycles. The Morgan fingerprint density at radius 3 is 2.52 bits per heavy atom. The van der Waals surface area contributed by atoms with Gasteiger partial charge in [-0.05, 0) is 51.3 Å². The number of likely N-dealkylation sites (tertiary alicyclic amines) is 1. The summed E-state index contributed by atoms with van der Waals surface area (Å²) in [6.07, 6.45) is 2.27. The van der Waals surface area contributed by atoms with Gasteiger partial charge >= 0.3 is 0 Å². The molecule has 1 aliphatic rings. The summed E-state index contributed by atoms with van der Waals surface area (Å²) in [5.74, 6) is 0.255. The van der Waals surface area contributed by atoms with Crippen molar-refractivity contribution in [2.75, 3.05) is 18.8 Å². The lowest BCUT2D eigenvalue weighted by Crippen LogP contribution is -2.48. The first-order valence-electron chi connectivity index (χ1n) is 7.88. The second kappa shape index (κ2) is 6.94. The summed E-state index contributed by atoms with van der Waals surface area (Å²) in [7, 11) is 0. The first-order chi connectivity index (χ1) is 9.99. The number of carbonyl (C=O) groups excluding carboxylic acids is 1. The average molecular weight is 289 g/mol.